The van der Waals surface area contributed by atoms with Gasteiger partial charge in [-0.2, -0.15) is 0 Å². The maximum atomic E-state index is 12.1. The second-order valence-corrected chi connectivity index (χ2v) is 18.7. The molecule has 87 heavy (non-hydrogen) atoms. The van der Waals surface area contributed by atoms with E-state index in [1.54, 1.807) is 21.3 Å². The summed E-state index contributed by atoms with van der Waals surface area (Å²) in [5.74, 6) is 2.75. The van der Waals surface area contributed by atoms with Crippen molar-refractivity contribution in [3.05, 3.63) is 190 Å². The van der Waals surface area contributed by atoms with Gasteiger partial charge in [-0.05, 0) is 142 Å². The molecule has 1 aliphatic carbocycles. The first-order valence-corrected chi connectivity index (χ1v) is 27.0. The molecule has 0 spiro atoms. The quantitative estimate of drug-likeness (QED) is 0.0121. The summed E-state index contributed by atoms with van der Waals surface area (Å²) < 4.78 is 83.9. The van der Waals surface area contributed by atoms with Crippen LogP contribution in [0, 0.1) is 30.3 Å². The molecule has 0 bridgehead atoms. The van der Waals surface area contributed by atoms with Gasteiger partial charge < -0.3 is 71.1 Å². The number of hydrogen-bond donors (Lipinski definition) is 0. The molecule has 0 amide bonds. The molecule has 462 valence electrons. The van der Waals surface area contributed by atoms with Gasteiger partial charge in [0.1, 0.15) is 59.5 Å². The highest BCUT2D eigenvalue weighted by atomic mass is 16.7. The Labute approximate surface area is 498 Å². The molecule has 27 nitrogen and oxygen atoms in total. The van der Waals surface area contributed by atoms with Gasteiger partial charge in [0.05, 0.1) is 75.7 Å². The lowest BCUT2D eigenvalue weighted by Crippen LogP contribution is -2.15. The fourth-order valence-corrected chi connectivity index (χ4v) is 8.54. The molecule has 0 unspecified atom stereocenters. The monoisotopic (exact) mass is 1210 g/mol. The Kier molecular flexibility index (Phi) is 24.9. The van der Waals surface area contributed by atoms with E-state index in [9.17, 15) is 44.7 Å². The Morgan fingerprint density at radius 3 is 0.793 bits per heavy atom. The van der Waals surface area contributed by atoms with E-state index in [4.69, 9.17) is 71.1 Å². The van der Waals surface area contributed by atoms with Gasteiger partial charge in [0.25, 0.3) is 17.1 Å². The van der Waals surface area contributed by atoms with Crippen LogP contribution in [0.1, 0.15) is 50.1 Å². The summed E-state index contributed by atoms with van der Waals surface area (Å²) in [7, 11) is 4.62. The molecule has 0 saturated heterocycles. The molecule has 0 aromatic heterocycles. The van der Waals surface area contributed by atoms with Crippen molar-refractivity contribution in [3.8, 4) is 34.5 Å². The zero-order valence-electron chi connectivity index (χ0n) is 47.8. The maximum absolute atomic E-state index is 12.1. The second kappa shape index (κ2) is 33.5. The van der Waals surface area contributed by atoms with Crippen molar-refractivity contribution in [1.82, 2.24) is 0 Å². The molecule has 6 aromatic rings. The Balaban J connectivity index is 0.973. The van der Waals surface area contributed by atoms with Crippen molar-refractivity contribution in [2.45, 2.75) is 39.1 Å². The third kappa shape index (κ3) is 20.4. The fourth-order valence-electron chi connectivity index (χ4n) is 8.54. The molecule has 0 radical (unpaired) electrons. The third-order valence-corrected chi connectivity index (χ3v) is 12.9. The Morgan fingerprint density at radius 2 is 0.563 bits per heavy atom. The lowest BCUT2D eigenvalue weighted by molar-refractivity contribution is -0.385. The number of methoxy groups -OCH3 is 3. The minimum atomic E-state index is -0.926. The van der Waals surface area contributed by atoms with Crippen LogP contribution in [0.15, 0.2) is 109 Å². The first kappa shape index (κ1) is 64.6. The molecule has 0 atom stereocenters. The summed E-state index contributed by atoms with van der Waals surface area (Å²) in [5.41, 5.74) is 6.89. The van der Waals surface area contributed by atoms with Crippen LogP contribution in [0.4, 0.5) is 31.4 Å². The number of ether oxygens (including phenoxy) is 15. The number of carbonyl (C=O) groups excluding carboxylic acids is 3. The smallest absolute Gasteiger partial charge is 0.493 e. The molecule has 0 fully saturated rings. The van der Waals surface area contributed by atoms with E-state index in [1.807, 2.05) is 36.4 Å². The van der Waals surface area contributed by atoms with E-state index in [1.165, 1.54) is 72.8 Å². The van der Waals surface area contributed by atoms with Gasteiger partial charge in [0.2, 0.25) is 0 Å². The Morgan fingerprint density at radius 1 is 0.333 bits per heavy atom. The number of carbonyl (C=O) groups is 3. The van der Waals surface area contributed by atoms with Crippen LogP contribution >= 0.6 is 0 Å². The summed E-state index contributed by atoms with van der Waals surface area (Å²) >= 11 is 0. The lowest BCUT2D eigenvalue weighted by Gasteiger charge is -2.18. The number of fused-ring (bicyclic) bond motifs is 3. The number of nitro benzene ring substituents is 3. The first-order chi connectivity index (χ1) is 42.2. The van der Waals surface area contributed by atoms with Gasteiger partial charge in [-0.3, -0.25) is 30.3 Å². The van der Waals surface area contributed by atoms with Crippen molar-refractivity contribution < 1.29 is 100 Å². The number of rotatable bonds is 33. The second-order valence-electron chi connectivity index (χ2n) is 18.7. The minimum absolute atomic E-state index is 0.0462. The van der Waals surface area contributed by atoms with Crippen molar-refractivity contribution in [2.24, 2.45) is 0 Å². The van der Waals surface area contributed by atoms with Crippen LogP contribution in [0.2, 0.25) is 0 Å². The van der Waals surface area contributed by atoms with Gasteiger partial charge in [-0.25, -0.2) is 14.4 Å². The summed E-state index contributed by atoms with van der Waals surface area (Å²) in [5, 5.41) is 32.7. The van der Waals surface area contributed by atoms with Crippen LogP contribution < -0.4 is 28.4 Å². The average molecular weight is 1210 g/mol. The highest BCUT2D eigenvalue weighted by Crippen LogP contribution is 2.41. The highest BCUT2D eigenvalue weighted by Gasteiger charge is 2.23. The van der Waals surface area contributed by atoms with Crippen molar-refractivity contribution >= 4 is 35.5 Å². The van der Waals surface area contributed by atoms with E-state index in [-0.39, 0.29) is 116 Å². The summed E-state index contributed by atoms with van der Waals surface area (Å²) in [6, 6.07) is 28.3. The molecule has 27 heteroatoms. The van der Waals surface area contributed by atoms with E-state index < -0.39 is 33.2 Å². The number of benzene rings is 6. The number of nitro groups is 3. The normalized spacial score (nSPS) is 11.3. The van der Waals surface area contributed by atoms with Crippen LogP contribution in [-0.2, 0) is 81.7 Å². The highest BCUT2D eigenvalue weighted by molar-refractivity contribution is 5.61. The number of hydrogen-bond acceptors (Lipinski definition) is 24. The zero-order valence-corrected chi connectivity index (χ0v) is 47.8. The van der Waals surface area contributed by atoms with Crippen molar-refractivity contribution in [3.63, 3.8) is 0 Å². The topological polar surface area (TPSA) is 319 Å². The Bertz CT molecular complexity index is 2940. The molecular formula is C60H63N3O24. The van der Waals surface area contributed by atoms with Crippen LogP contribution in [-0.4, -0.2) is 134 Å². The maximum Gasteiger partial charge on any atom is 0.508 e. The predicted octanol–water partition coefficient (Wildman–Crippen LogP) is 9.77. The largest absolute Gasteiger partial charge is 0.508 e. The average Bonchev–Trinajstić information content (AvgIpc) is 1.97. The molecule has 0 saturated carbocycles. The fraction of sp³-hybridized carbons (Fsp3) is 0.350. The van der Waals surface area contributed by atoms with Gasteiger partial charge >= 0.3 is 18.5 Å². The molecule has 7 rings (SSSR count). The van der Waals surface area contributed by atoms with Crippen molar-refractivity contribution in [1.29, 1.82) is 0 Å². The molecule has 0 aliphatic heterocycles. The van der Waals surface area contributed by atoms with E-state index in [0.29, 0.717) is 70.4 Å². The Hall–Kier alpha value is -9.99. The molecule has 6 aromatic carbocycles. The number of non-ortho nitro benzene ring substituents is 3. The molecule has 0 N–H and O–H groups in total. The predicted molar refractivity (Wildman–Crippen MR) is 304 cm³/mol. The van der Waals surface area contributed by atoms with E-state index in [2.05, 4.69) is 0 Å². The summed E-state index contributed by atoms with van der Waals surface area (Å²) in [4.78, 5) is 67.6. The van der Waals surface area contributed by atoms with Crippen LogP contribution in [0.25, 0.3) is 0 Å². The van der Waals surface area contributed by atoms with Gasteiger partial charge in [0, 0.05) is 36.4 Å². The van der Waals surface area contributed by atoms with Gasteiger partial charge in [-0.1, -0.05) is 0 Å². The lowest BCUT2D eigenvalue weighted by atomic mass is 9.94. The molecule has 0 heterocycles. The van der Waals surface area contributed by atoms with Crippen LogP contribution in [0.5, 0.6) is 34.5 Å². The zero-order chi connectivity index (χ0) is 61.9. The number of nitrogens with zero attached hydrogens (tertiary/aromatic N) is 3. The van der Waals surface area contributed by atoms with E-state index in [0.717, 1.165) is 33.4 Å². The molecular weight excluding hydrogens is 1150 g/mol. The standard InChI is InChI=1S/C60H63N3O24/c1-73-52-31-43-28-47-35-56(80-23-17-77-20-26-83-59(65)86-38-41-6-12-50(13-7-41)62(69)70)54(75-3)33-45(47)30-48-36-57(81-24-18-78-21-27-84-60(66)87-39-42-8-14-51(15-9-42)63(71)72)53(74-2)32-44(48)29-46(43)34-55(52)79-22-16-76-19-25-82-58(64)85-37-40-4-10-49(11-5-40)61(67)68/h4-15,31-36H,16-30,37-39H2,1-3H3. The third-order valence-electron chi connectivity index (χ3n) is 12.9. The van der Waals surface area contributed by atoms with Gasteiger partial charge in [-0.15, -0.1) is 0 Å². The SMILES string of the molecule is COc1cc2c(cc1OCCOCCOC(=O)OCc1ccc([N+](=O)[O-])cc1)Cc1cc(OC)c(OCCOCCOC(=O)OCc3ccc([N+](=O)[O-])cc3)cc1Cc1cc(OC)c(OCCOCCOC(=O)OCc3ccc([N+](=O)[O-])cc3)cc1C2. The minimum Gasteiger partial charge on any atom is -0.493 e. The van der Waals surface area contributed by atoms with E-state index >= 15 is 0 Å². The first-order valence-electron chi connectivity index (χ1n) is 27.0. The van der Waals surface area contributed by atoms with Crippen LogP contribution in [0.3, 0.4) is 0 Å². The summed E-state index contributed by atoms with van der Waals surface area (Å²) in [6.07, 6.45) is -1.48. The summed E-state index contributed by atoms with van der Waals surface area (Å²) in [6.45, 7) is 0.167. The van der Waals surface area contributed by atoms with Crippen molar-refractivity contribution in [2.75, 3.05) is 101 Å². The van der Waals surface area contributed by atoms with Gasteiger partial charge in [0.15, 0.2) is 34.5 Å². The molecule has 1 aliphatic rings.